The Morgan fingerprint density at radius 1 is 1.75 bits per heavy atom. The van der Waals surface area contributed by atoms with Crippen LogP contribution in [0, 0.1) is 11.3 Å². The second-order valence-electron chi connectivity index (χ2n) is 3.59. The van der Waals surface area contributed by atoms with Gasteiger partial charge >= 0.3 is 5.97 Å². The van der Waals surface area contributed by atoms with E-state index in [1.807, 2.05) is 6.08 Å². The lowest BCUT2D eigenvalue weighted by molar-refractivity contribution is -0.145. The second kappa shape index (κ2) is 3.30. The van der Waals surface area contributed by atoms with E-state index in [-0.39, 0.29) is 5.92 Å². The molecule has 0 saturated heterocycles. The van der Waals surface area contributed by atoms with Crippen molar-refractivity contribution in [3.05, 3.63) is 12.7 Å². The molecule has 1 atom stereocenters. The summed E-state index contributed by atoms with van der Waals surface area (Å²) in [7, 11) is 0. The molecule has 0 aromatic carbocycles. The van der Waals surface area contributed by atoms with Gasteiger partial charge in [-0.25, -0.2) is 0 Å². The molecule has 2 heteroatoms. The number of rotatable bonds is 5. The molecule has 2 nitrogen and oxygen atoms in total. The van der Waals surface area contributed by atoms with Crippen molar-refractivity contribution in [2.24, 2.45) is 11.3 Å². The van der Waals surface area contributed by atoms with Gasteiger partial charge < -0.3 is 5.11 Å². The van der Waals surface area contributed by atoms with Gasteiger partial charge in [0.25, 0.3) is 0 Å². The fourth-order valence-electron chi connectivity index (χ4n) is 1.81. The fraction of sp³-hybridized carbons (Fsp3) is 0.700. The Balaban J connectivity index is 2.64. The average Bonchev–Trinajstić information content (AvgIpc) is 2.80. The monoisotopic (exact) mass is 168 g/mol. The van der Waals surface area contributed by atoms with Crippen LogP contribution in [0.3, 0.4) is 0 Å². The van der Waals surface area contributed by atoms with E-state index in [2.05, 4.69) is 13.5 Å². The quantitative estimate of drug-likeness (QED) is 0.640. The Bertz CT molecular complexity index is 192. The van der Waals surface area contributed by atoms with Crippen molar-refractivity contribution in [3.8, 4) is 0 Å². The molecule has 0 radical (unpaired) electrons. The van der Waals surface area contributed by atoms with Crippen LogP contribution in [-0.2, 0) is 4.79 Å². The third-order valence-electron chi connectivity index (χ3n) is 2.81. The minimum absolute atomic E-state index is 0.181. The van der Waals surface area contributed by atoms with Gasteiger partial charge in [0.15, 0.2) is 0 Å². The van der Waals surface area contributed by atoms with Crippen molar-refractivity contribution < 1.29 is 9.90 Å². The van der Waals surface area contributed by atoms with E-state index in [4.69, 9.17) is 5.11 Å². The number of carboxylic acid groups (broad SMARTS) is 1. The first kappa shape index (κ1) is 9.30. The maximum atomic E-state index is 10.9. The zero-order chi connectivity index (χ0) is 9.19. The van der Waals surface area contributed by atoms with Crippen LogP contribution in [0.15, 0.2) is 12.7 Å². The topological polar surface area (TPSA) is 37.3 Å². The van der Waals surface area contributed by atoms with Crippen LogP contribution in [0.5, 0.6) is 0 Å². The van der Waals surface area contributed by atoms with E-state index in [0.29, 0.717) is 0 Å². The predicted molar refractivity (Wildman–Crippen MR) is 47.9 cm³/mol. The minimum Gasteiger partial charge on any atom is -0.481 e. The summed E-state index contributed by atoms with van der Waals surface area (Å²) >= 11 is 0. The standard InChI is InChI=1S/C10H16O2/c1-3-5-8(4-2)10(6-7-10)9(11)12/h4,8H,2-3,5-7H2,1H3,(H,11,12). The molecule has 1 aliphatic carbocycles. The van der Waals surface area contributed by atoms with Gasteiger partial charge in [0, 0.05) is 0 Å². The van der Waals surface area contributed by atoms with Crippen LogP contribution < -0.4 is 0 Å². The van der Waals surface area contributed by atoms with E-state index in [1.54, 1.807) is 0 Å². The van der Waals surface area contributed by atoms with Crippen LogP contribution in [0.1, 0.15) is 32.6 Å². The SMILES string of the molecule is C=CC(CCC)C1(C(=O)O)CC1. The molecule has 1 N–H and O–H groups in total. The number of carbonyl (C=O) groups is 1. The summed E-state index contributed by atoms with van der Waals surface area (Å²) in [4.78, 5) is 10.9. The van der Waals surface area contributed by atoms with E-state index in [1.165, 1.54) is 0 Å². The van der Waals surface area contributed by atoms with Crippen LogP contribution in [0.4, 0.5) is 0 Å². The number of hydrogen-bond donors (Lipinski definition) is 1. The zero-order valence-corrected chi connectivity index (χ0v) is 7.55. The van der Waals surface area contributed by atoms with Crippen molar-refractivity contribution in [2.75, 3.05) is 0 Å². The molecule has 0 aliphatic heterocycles. The van der Waals surface area contributed by atoms with Crippen LogP contribution in [0.25, 0.3) is 0 Å². The first-order chi connectivity index (χ1) is 5.67. The summed E-state index contributed by atoms with van der Waals surface area (Å²) in [5.74, 6) is -0.458. The number of allylic oxidation sites excluding steroid dienone is 1. The fourth-order valence-corrected chi connectivity index (χ4v) is 1.81. The number of hydrogen-bond acceptors (Lipinski definition) is 1. The maximum absolute atomic E-state index is 10.9. The van der Waals surface area contributed by atoms with E-state index < -0.39 is 11.4 Å². The Hall–Kier alpha value is -0.790. The normalized spacial score (nSPS) is 21.4. The summed E-state index contributed by atoms with van der Waals surface area (Å²) in [5, 5.41) is 8.98. The van der Waals surface area contributed by atoms with Gasteiger partial charge in [-0.2, -0.15) is 0 Å². The van der Waals surface area contributed by atoms with Gasteiger partial charge in [-0.3, -0.25) is 4.79 Å². The molecule has 0 aromatic rings. The first-order valence-electron chi connectivity index (χ1n) is 4.53. The number of aliphatic carboxylic acids is 1. The van der Waals surface area contributed by atoms with E-state index in [9.17, 15) is 4.79 Å². The molecule has 12 heavy (non-hydrogen) atoms. The van der Waals surface area contributed by atoms with Gasteiger partial charge in [0.2, 0.25) is 0 Å². The molecule has 0 heterocycles. The Morgan fingerprint density at radius 2 is 2.33 bits per heavy atom. The Labute approximate surface area is 73.3 Å². The van der Waals surface area contributed by atoms with Gasteiger partial charge in [-0.1, -0.05) is 19.4 Å². The molecule has 0 aromatic heterocycles. The second-order valence-corrected chi connectivity index (χ2v) is 3.59. The van der Waals surface area contributed by atoms with Crippen LogP contribution in [0.2, 0.25) is 0 Å². The van der Waals surface area contributed by atoms with Gasteiger partial charge in [-0.15, -0.1) is 6.58 Å². The van der Waals surface area contributed by atoms with Gasteiger partial charge in [-0.05, 0) is 25.2 Å². The summed E-state index contributed by atoms with van der Waals surface area (Å²) in [5.41, 5.74) is -0.433. The van der Waals surface area contributed by atoms with Crippen molar-refractivity contribution in [1.29, 1.82) is 0 Å². The van der Waals surface area contributed by atoms with Crippen molar-refractivity contribution in [2.45, 2.75) is 32.6 Å². The smallest absolute Gasteiger partial charge is 0.310 e. The van der Waals surface area contributed by atoms with Crippen LogP contribution >= 0.6 is 0 Å². The minimum atomic E-state index is -0.638. The molecule has 0 amide bonds. The molecule has 1 aliphatic rings. The predicted octanol–water partition coefficient (Wildman–Crippen LogP) is 2.45. The molecular weight excluding hydrogens is 152 g/mol. The van der Waals surface area contributed by atoms with Gasteiger partial charge in [0.1, 0.15) is 0 Å². The van der Waals surface area contributed by atoms with Crippen molar-refractivity contribution in [1.82, 2.24) is 0 Å². The lowest BCUT2D eigenvalue weighted by Crippen LogP contribution is -2.23. The molecule has 1 fully saturated rings. The number of carboxylic acids is 1. The van der Waals surface area contributed by atoms with Gasteiger partial charge in [0.05, 0.1) is 5.41 Å². The highest BCUT2D eigenvalue weighted by atomic mass is 16.4. The highest BCUT2D eigenvalue weighted by Crippen LogP contribution is 2.54. The molecule has 1 saturated carbocycles. The molecular formula is C10H16O2. The lowest BCUT2D eigenvalue weighted by atomic mass is 9.86. The van der Waals surface area contributed by atoms with E-state index in [0.717, 1.165) is 25.7 Å². The largest absolute Gasteiger partial charge is 0.481 e. The molecule has 1 unspecified atom stereocenters. The van der Waals surface area contributed by atoms with Crippen LogP contribution in [-0.4, -0.2) is 11.1 Å². The third-order valence-corrected chi connectivity index (χ3v) is 2.81. The molecule has 1 rings (SSSR count). The van der Waals surface area contributed by atoms with Crippen molar-refractivity contribution in [3.63, 3.8) is 0 Å². The Morgan fingerprint density at radius 3 is 2.58 bits per heavy atom. The maximum Gasteiger partial charge on any atom is 0.310 e. The first-order valence-corrected chi connectivity index (χ1v) is 4.53. The summed E-state index contributed by atoms with van der Waals surface area (Å²) < 4.78 is 0. The molecule has 0 bridgehead atoms. The highest BCUT2D eigenvalue weighted by molar-refractivity contribution is 5.78. The lowest BCUT2D eigenvalue weighted by Gasteiger charge is -2.18. The highest BCUT2D eigenvalue weighted by Gasteiger charge is 2.54. The Kier molecular flexibility index (Phi) is 2.55. The summed E-state index contributed by atoms with van der Waals surface area (Å²) in [6.45, 7) is 5.78. The van der Waals surface area contributed by atoms with Crippen molar-refractivity contribution >= 4 is 5.97 Å². The third kappa shape index (κ3) is 1.38. The summed E-state index contributed by atoms with van der Waals surface area (Å²) in [6, 6.07) is 0. The molecule has 68 valence electrons. The zero-order valence-electron chi connectivity index (χ0n) is 7.55. The average molecular weight is 168 g/mol. The molecule has 0 spiro atoms. The van der Waals surface area contributed by atoms with E-state index >= 15 is 0 Å². The summed E-state index contributed by atoms with van der Waals surface area (Å²) in [6.07, 6.45) is 5.46.